The van der Waals surface area contributed by atoms with E-state index in [-0.39, 0.29) is 35.4 Å². The van der Waals surface area contributed by atoms with Crippen LogP contribution in [0.2, 0.25) is 0 Å². The van der Waals surface area contributed by atoms with Gasteiger partial charge in [0.15, 0.2) is 11.3 Å². The quantitative estimate of drug-likeness (QED) is 0.509. The zero-order valence-corrected chi connectivity index (χ0v) is 22.2. The zero-order chi connectivity index (χ0) is 26.5. The highest BCUT2D eigenvalue weighted by molar-refractivity contribution is 8.02. The fourth-order valence-corrected chi connectivity index (χ4v) is 6.80. The molecule has 1 amide bonds. The third-order valence-electron chi connectivity index (χ3n) is 8.01. The molecule has 12 heteroatoms. The summed E-state index contributed by atoms with van der Waals surface area (Å²) in [5.41, 5.74) is -2.09. The molecule has 1 N–H and O–H groups in total. The third-order valence-corrected chi connectivity index (χ3v) is 9.09. The van der Waals surface area contributed by atoms with Crippen LogP contribution in [0.25, 0.3) is 0 Å². The van der Waals surface area contributed by atoms with Crippen LogP contribution in [0.3, 0.4) is 0 Å². The fraction of sp³-hybridized carbons (Fsp3) is 0.680. The molecule has 5 heterocycles. The number of halogens is 1. The van der Waals surface area contributed by atoms with E-state index < -0.39 is 29.5 Å². The molecule has 0 radical (unpaired) electrons. The number of likely N-dealkylation sites (N-methyl/N-ethyl adjacent to an activating group) is 1. The Labute approximate surface area is 220 Å². The van der Waals surface area contributed by atoms with E-state index in [1.807, 2.05) is 28.5 Å². The normalized spacial score (nSPS) is 34.5. The van der Waals surface area contributed by atoms with Crippen molar-refractivity contribution in [2.75, 3.05) is 40.3 Å². The van der Waals surface area contributed by atoms with Crippen molar-refractivity contribution in [3.8, 4) is 0 Å². The average molecular weight is 536 g/mol. The van der Waals surface area contributed by atoms with Crippen LogP contribution < -0.4 is 0 Å². The van der Waals surface area contributed by atoms with Gasteiger partial charge in [0, 0.05) is 59.2 Å². The number of rotatable bonds is 6. The smallest absolute Gasteiger partial charge is 0.340 e. The first-order valence-corrected chi connectivity index (χ1v) is 13.7. The predicted molar refractivity (Wildman–Crippen MR) is 136 cm³/mol. The van der Waals surface area contributed by atoms with Crippen LogP contribution in [-0.2, 0) is 19.1 Å². The van der Waals surface area contributed by atoms with Gasteiger partial charge in [-0.1, -0.05) is 11.8 Å². The maximum absolute atomic E-state index is 15.6. The Balaban J connectivity index is 1.33. The summed E-state index contributed by atoms with van der Waals surface area (Å²) < 4.78 is 21.3. The molecule has 0 aliphatic carbocycles. The van der Waals surface area contributed by atoms with Gasteiger partial charge in [-0.25, -0.2) is 14.2 Å². The average Bonchev–Trinajstić information content (AvgIpc) is 3.25. The van der Waals surface area contributed by atoms with Crippen molar-refractivity contribution in [1.29, 1.82) is 0 Å². The van der Waals surface area contributed by atoms with Crippen LogP contribution >= 0.6 is 11.8 Å². The number of carboxylic acids is 1. The van der Waals surface area contributed by atoms with Gasteiger partial charge < -0.3 is 24.5 Å². The van der Waals surface area contributed by atoms with E-state index in [4.69, 9.17) is 9.73 Å². The van der Waals surface area contributed by atoms with E-state index in [2.05, 4.69) is 0 Å². The first kappa shape index (κ1) is 26.2. The number of carboxylic acid groups (broad SMARTS) is 1. The Morgan fingerprint density at radius 3 is 2.73 bits per heavy atom. The van der Waals surface area contributed by atoms with Crippen molar-refractivity contribution >= 4 is 35.3 Å². The molecule has 0 spiro atoms. The van der Waals surface area contributed by atoms with Gasteiger partial charge in [0.2, 0.25) is 5.91 Å². The Kier molecular flexibility index (Phi) is 7.10. The molecular formula is C25H34FN5O5S. The molecule has 2 fully saturated rings. The number of carbonyl (C=O) groups is 3. The molecule has 2 saturated heterocycles. The van der Waals surface area contributed by atoms with Gasteiger partial charge in [0.1, 0.15) is 23.7 Å². The van der Waals surface area contributed by atoms with E-state index in [0.717, 1.165) is 25.9 Å². The summed E-state index contributed by atoms with van der Waals surface area (Å²) in [6.07, 6.45) is 3.90. The first-order chi connectivity index (χ1) is 17.6. The number of amides is 1. The van der Waals surface area contributed by atoms with Crippen LogP contribution in [0, 0.1) is 11.3 Å². The van der Waals surface area contributed by atoms with Crippen molar-refractivity contribution in [1.82, 2.24) is 19.6 Å². The molecule has 5 aliphatic heterocycles. The second kappa shape index (κ2) is 10.0. The van der Waals surface area contributed by atoms with E-state index in [9.17, 15) is 19.5 Å². The van der Waals surface area contributed by atoms with Gasteiger partial charge in [-0.3, -0.25) is 14.5 Å². The molecule has 5 unspecified atom stereocenters. The van der Waals surface area contributed by atoms with Crippen molar-refractivity contribution in [3.05, 3.63) is 23.4 Å². The number of nitrogens with zero attached hydrogens (tertiary/aromatic N) is 5. The molecule has 5 rings (SSSR count). The standard InChI is InChI=1S/C25H34FN5O5S/c1-25-10-18(26)20(30-11-15(12-30)21(33)29(3)13-16-6-4-5-8-36-16)27-23(25)31(24-28(2)7-9-37-24)14-17(19(25)32)22(34)35/h7,9,14-16,18,20,24H,4-6,8,10-13H2,1-3H3,(H,34,35). The highest BCUT2D eigenvalue weighted by atomic mass is 32.2. The van der Waals surface area contributed by atoms with Crippen LogP contribution in [0.15, 0.2) is 28.4 Å². The number of carbonyl (C=O) groups excluding carboxylic acids is 2. The number of ether oxygens (including phenoxy) is 1. The number of amidine groups is 1. The fourth-order valence-electron chi connectivity index (χ4n) is 5.84. The van der Waals surface area contributed by atoms with Gasteiger partial charge in [-0.2, -0.15) is 0 Å². The summed E-state index contributed by atoms with van der Waals surface area (Å²) in [4.78, 5) is 49.9. The molecule has 202 valence electrons. The number of ketones is 1. The van der Waals surface area contributed by atoms with E-state index in [1.54, 1.807) is 23.8 Å². The van der Waals surface area contributed by atoms with Crippen molar-refractivity contribution < 1.29 is 28.6 Å². The van der Waals surface area contributed by atoms with Gasteiger partial charge in [0.05, 0.1) is 17.4 Å². The molecular weight excluding hydrogens is 501 g/mol. The lowest BCUT2D eigenvalue weighted by atomic mass is 9.72. The number of fused-ring (bicyclic) bond motifs is 1. The van der Waals surface area contributed by atoms with Crippen LogP contribution in [0.5, 0.6) is 0 Å². The molecule has 37 heavy (non-hydrogen) atoms. The van der Waals surface area contributed by atoms with E-state index >= 15 is 4.39 Å². The molecule has 0 bridgehead atoms. The minimum atomic E-state index is -1.47. The maximum atomic E-state index is 15.6. The Morgan fingerprint density at radius 2 is 2.11 bits per heavy atom. The summed E-state index contributed by atoms with van der Waals surface area (Å²) in [6, 6.07) is 0. The highest BCUT2D eigenvalue weighted by Gasteiger charge is 2.56. The molecule has 10 nitrogen and oxygen atoms in total. The second-order valence-corrected chi connectivity index (χ2v) is 11.7. The van der Waals surface area contributed by atoms with Crippen LogP contribution in [0.1, 0.15) is 32.6 Å². The van der Waals surface area contributed by atoms with Crippen LogP contribution in [0.4, 0.5) is 4.39 Å². The number of aliphatic imine (C=N–C) groups is 1. The number of hydrogen-bond acceptors (Lipinski definition) is 9. The predicted octanol–water partition coefficient (Wildman–Crippen LogP) is 1.71. The molecule has 0 aromatic carbocycles. The number of likely N-dealkylation sites (tertiary alicyclic amines) is 1. The summed E-state index contributed by atoms with van der Waals surface area (Å²) in [7, 11) is 3.64. The second-order valence-electron chi connectivity index (χ2n) is 10.8. The van der Waals surface area contributed by atoms with Gasteiger partial charge in [0.25, 0.3) is 0 Å². The summed E-state index contributed by atoms with van der Waals surface area (Å²) >= 11 is 1.45. The zero-order valence-electron chi connectivity index (χ0n) is 21.4. The Morgan fingerprint density at radius 1 is 1.35 bits per heavy atom. The van der Waals surface area contributed by atoms with Crippen LogP contribution in [-0.4, -0.2) is 112 Å². The Bertz CT molecular complexity index is 1060. The molecule has 0 aromatic rings. The summed E-state index contributed by atoms with van der Waals surface area (Å²) in [5, 5.41) is 11.6. The molecule has 5 aliphatic rings. The molecule has 5 atom stereocenters. The van der Waals surface area contributed by atoms with Crippen molar-refractivity contribution in [3.63, 3.8) is 0 Å². The lowest BCUT2D eigenvalue weighted by molar-refractivity contribution is -0.144. The summed E-state index contributed by atoms with van der Waals surface area (Å²) in [5.74, 6) is -1.81. The largest absolute Gasteiger partial charge is 0.478 e. The topological polar surface area (TPSA) is 106 Å². The number of Topliss-reactive ketones (excluding diaryl/α,β-unsaturated/α-hetero) is 1. The molecule has 0 aromatic heterocycles. The van der Waals surface area contributed by atoms with Crippen molar-refractivity contribution in [2.45, 2.75) is 56.5 Å². The van der Waals surface area contributed by atoms with Crippen molar-refractivity contribution in [2.24, 2.45) is 16.3 Å². The minimum Gasteiger partial charge on any atom is -0.478 e. The first-order valence-electron chi connectivity index (χ1n) is 12.8. The third kappa shape index (κ3) is 4.67. The number of aliphatic carboxylic acids is 1. The molecule has 0 saturated carbocycles. The number of alkyl halides is 1. The lowest BCUT2D eigenvalue weighted by Crippen LogP contribution is -2.64. The SMILES string of the molecule is CN(CC1CCCCO1)C(=O)C1CN(C2N=C3N(C4SC=CN4C)C=C(C(=O)O)C(=O)C3(C)CC2F)C1. The minimum absolute atomic E-state index is 0.0210. The van der Waals surface area contributed by atoms with Gasteiger partial charge in [-0.05, 0) is 31.6 Å². The van der Waals surface area contributed by atoms with E-state index in [0.29, 0.717) is 25.5 Å². The van der Waals surface area contributed by atoms with Gasteiger partial charge >= 0.3 is 5.97 Å². The monoisotopic (exact) mass is 535 g/mol. The number of hydrogen-bond donors (Lipinski definition) is 1. The van der Waals surface area contributed by atoms with E-state index in [1.165, 1.54) is 18.0 Å². The Hall–Kier alpha value is -2.44. The van der Waals surface area contributed by atoms with Gasteiger partial charge in [-0.15, -0.1) is 0 Å². The number of thioether (sulfide) groups is 1. The maximum Gasteiger partial charge on any atom is 0.340 e. The summed E-state index contributed by atoms with van der Waals surface area (Å²) in [6.45, 7) is 3.64. The lowest BCUT2D eigenvalue weighted by Gasteiger charge is -2.50. The highest BCUT2D eigenvalue weighted by Crippen LogP contribution is 2.44.